The molecule has 0 amide bonds. The number of aliphatic hydroxyl groups excluding tert-OH is 1. The molecule has 10 heavy (non-hydrogen) atoms. The van der Waals surface area contributed by atoms with Gasteiger partial charge in [0.2, 0.25) is 0 Å². The SMILES string of the molecule is OC(Br)C[n+]1ccccc1. The average Bonchev–Trinajstić information content (AvgIpc) is 1.88. The molecule has 0 saturated heterocycles. The Kier molecular flexibility index (Phi) is 2.83. The number of nitrogens with zero attached hydrogens (tertiary/aromatic N) is 1. The summed E-state index contributed by atoms with van der Waals surface area (Å²) in [6.07, 6.45) is 3.81. The van der Waals surface area contributed by atoms with E-state index < -0.39 is 5.01 Å². The molecule has 3 heteroatoms. The zero-order chi connectivity index (χ0) is 7.40. The number of alkyl halides is 1. The summed E-state index contributed by atoms with van der Waals surface area (Å²) in [5.74, 6) is 0. The topological polar surface area (TPSA) is 24.1 Å². The first-order chi connectivity index (χ1) is 4.79. The van der Waals surface area contributed by atoms with Gasteiger partial charge in [-0.3, -0.25) is 0 Å². The van der Waals surface area contributed by atoms with Gasteiger partial charge >= 0.3 is 0 Å². The first kappa shape index (κ1) is 7.69. The Morgan fingerprint density at radius 2 is 1.90 bits per heavy atom. The van der Waals surface area contributed by atoms with E-state index in [1.165, 1.54) is 0 Å². The van der Waals surface area contributed by atoms with Gasteiger partial charge in [0.15, 0.2) is 24.0 Å². The fourth-order valence-corrected chi connectivity index (χ4v) is 1.06. The van der Waals surface area contributed by atoms with E-state index in [2.05, 4.69) is 15.9 Å². The molecule has 54 valence electrons. The Labute approximate surface area is 68.3 Å². The molecule has 0 radical (unpaired) electrons. The maximum absolute atomic E-state index is 8.90. The fraction of sp³-hybridized carbons (Fsp3) is 0.286. The summed E-state index contributed by atoms with van der Waals surface area (Å²) in [5, 5.41) is 8.44. The van der Waals surface area contributed by atoms with Crippen LogP contribution >= 0.6 is 15.9 Å². The standard InChI is InChI=1S/C7H9BrNO/c8-7(10)6-9-4-2-1-3-5-9/h1-5,7,10H,6H2/q+1. The summed E-state index contributed by atoms with van der Waals surface area (Å²) < 4.78 is 1.90. The summed E-state index contributed by atoms with van der Waals surface area (Å²) in [5.41, 5.74) is 0. The summed E-state index contributed by atoms with van der Waals surface area (Å²) in [6, 6.07) is 5.79. The maximum atomic E-state index is 8.90. The Balaban J connectivity index is 2.59. The predicted octanol–water partition coefficient (Wildman–Crippen LogP) is 0.687. The van der Waals surface area contributed by atoms with Crippen molar-refractivity contribution in [3.63, 3.8) is 0 Å². The van der Waals surface area contributed by atoms with Gasteiger partial charge in [0, 0.05) is 12.1 Å². The van der Waals surface area contributed by atoms with Crippen LogP contribution in [-0.4, -0.2) is 10.1 Å². The molecule has 1 rings (SSSR count). The summed E-state index contributed by atoms with van der Waals surface area (Å²) in [7, 11) is 0. The van der Waals surface area contributed by atoms with Crippen LogP contribution in [0.15, 0.2) is 30.6 Å². The molecule has 0 aromatic carbocycles. The van der Waals surface area contributed by atoms with Crippen molar-refractivity contribution in [2.24, 2.45) is 0 Å². The fourth-order valence-electron chi connectivity index (χ4n) is 0.730. The smallest absolute Gasteiger partial charge is 0.184 e. The first-order valence-corrected chi connectivity index (χ1v) is 3.97. The number of aliphatic hydroxyl groups is 1. The quantitative estimate of drug-likeness (QED) is 0.554. The second-order valence-corrected chi connectivity index (χ2v) is 3.06. The van der Waals surface area contributed by atoms with Gasteiger partial charge in [-0.1, -0.05) is 22.0 Å². The van der Waals surface area contributed by atoms with Gasteiger partial charge in [-0.15, -0.1) is 0 Å². The molecule has 1 unspecified atom stereocenters. The Morgan fingerprint density at radius 1 is 1.30 bits per heavy atom. The molecule has 0 fully saturated rings. The van der Waals surface area contributed by atoms with Crippen LogP contribution in [0.5, 0.6) is 0 Å². The van der Waals surface area contributed by atoms with E-state index in [4.69, 9.17) is 5.11 Å². The van der Waals surface area contributed by atoms with E-state index in [9.17, 15) is 0 Å². The van der Waals surface area contributed by atoms with Crippen molar-refractivity contribution in [1.82, 2.24) is 0 Å². The second kappa shape index (κ2) is 3.68. The highest BCUT2D eigenvalue weighted by Crippen LogP contribution is 1.91. The minimum absolute atomic E-state index is 0.458. The first-order valence-electron chi connectivity index (χ1n) is 3.05. The van der Waals surface area contributed by atoms with Crippen molar-refractivity contribution in [2.75, 3.05) is 0 Å². The largest absolute Gasteiger partial charge is 0.375 e. The van der Waals surface area contributed by atoms with Crippen LogP contribution in [0.25, 0.3) is 0 Å². The highest BCUT2D eigenvalue weighted by Gasteiger charge is 2.03. The van der Waals surface area contributed by atoms with Gasteiger partial charge in [-0.25, -0.2) is 4.57 Å². The molecule has 1 atom stereocenters. The average molecular weight is 203 g/mol. The minimum Gasteiger partial charge on any atom is -0.375 e. The van der Waals surface area contributed by atoms with Crippen molar-refractivity contribution >= 4 is 15.9 Å². The van der Waals surface area contributed by atoms with E-state index in [0.29, 0.717) is 6.54 Å². The number of pyridine rings is 1. The number of halogens is 1. The molecule has 1 N–H and O–H groups in total. The lowest BCUT2D eigenvalue weighted by atomic mass is 10.5. The normalized spacial score (nSPS) is 13.0. The van der Waals surface area contributed by atoms with Gasteiger partial charge < -0.3 is 5.11 Å². The molecular formula is C7H9BrNO+. The van der Waals surface area contributed by atoms with Crippen LogP contribution in [0.2, 0.25) is 0 Å². The van der Waals surface area contributed by atoms with Crippen molar-refractivity contribution < 1.29 is 9.67 Å². The molecule has 0 aliphatic carbocycles. The molecule has 0 aliphatic heterocycles. The van der Waals surface area contributed by atoms with Crippen molar-refractivity contribution in [3.8, 4) is 0 Å². The van der Waals surface area contributed by atoms with Gasteiger partial charge in [0.1, 0.15) is 0 Å². The third-order valence-electron chi connectivity index (χ3n) is 1.14. The zero-order valence-corrected chi connectivity index (χ0v) is 7.03. The van der Waals surface area contributed by atoms with Crippen LogP contribution in [0.3, 0.4) is 0 Å². The lowest BCUT2D eigenvalue weighted by molar-refractivity contribution is -0.699. The van der Waals surface area contributed by atoms with Gasteiger partial charge in [-0.05, 0) is 0 Å². The maximum Gasteiger partial charge on any atom is 0.184 e. The number of hydrogen-bond acceptors (Lipinski definition) is 1. The highest BCUT2D eigenvalue weighted by atomic mass is 79.9. The monoisotopic (exact) mass is 202 g/mol. The second-order valence-electron chi connectivity index (χ2n) is 2.01. The predicted molar refractivity (Wildman–Crippen MR) is 41.6 cm³/mol. The van der Waals surface area contributed by atoms with Crippen LogP contribution in [-0.2, 0) is 6.54 Å². The Morgan fingerprint density at radius 3 is 2.40 bits per heavy atom. The molecule has 0 bridgehead atoms. The third-order valence-corrected chi connectivity index (χ3v) is 1.43. The minimum atomic E-state index is -0.458. The summed E-state index contributed by atoms with van der Waals surface area (Å²) in [4.78, 5) is 0. The molecule has 1 aromatic rings. The zero-order valence-electron chi connectivity index (χ0n) is 5.44. The van der Waals surface area contributed by atoms with E-state index in [1.807, 2.05) is 35.2 Å². The van der Waals surface area contributed by atoms with E-state index in [1.54, 1.807) is 0 Å². The van der Waals surface area contributed by atoms with Crippen LogP contribution < -0.4 is 4.57 Å². The summed E-state index contributed by atoms with van der Waals surface area (Å²) in [6.45, 7) is 0.584. The van der Waals surface area contributed by atoms with E-state index in [0.717, 1.165) is 0 Å². The molecule has 0 aliphatic rings. The van der Waals surface area contributed by atoms with Gasteiger partial charge in [0.05, 0.1) is 0 Å². The van der Waals surface area contributed by atoms with Crippen molar-refractivity contribution in [1.29, 1.82) is 0 Å². The van der Waals surface area contributed by atoms with Gasteiger partial charge in [0.25, 0.3) is 0 Å². The van der Waals surface area contributed by atoms with E-state index >= 15 is 0 Å². The van der Waals surface area contributed by atoms with Crippen molar-refractivity contribution in [3.05, 3.63) is 30.6 Å². The molecule has 0 saturated carbocycles. The highest BCUT2D eigenvalue weighted by molar-refractivity contribution is 9.09. The van der Waals surface area contributed by atoms with E-state index in [-0.39, 0.29) is 0 Å². The molecule has 2 nitrogen and oxygen atoms in total. The van der Waals surface area contributed by atoms with Crippen LogP contribution in [0, 0.1) is 0 Å². The lowest BCUT2D eigenvalue weighted by Gasteiger charge is -1.95. The Bertz CT molecular complexity index is 188. The van der Waals surface area contributed by atoms with Crippen LogP contribution in [0.4, 0.5) is 0 Å². The summed E-state index contributed by atoms with van der Waals surface area (Å²) >= 11 is 3.05. The molecular weight excluding hydrogens is 194 g/mol. The third kappa shape index (κ3) is 2.45. The van der Waals surface area contributed by atoms with Gasteiger partial charge in [-0.2, -0.15) is 0 Å². The Hall–Kier alpha value is -0.410. The number of rotatable bonds is 2. The molecule has 1 aromatic heterocycles. The molecule has 0 spiro atoms. The number of hydrogen-bond donors (Lipinski definition) is 1. The lowest BCUT2D eigenvalue weighted by Crippen LogP contribution is -2.36. The molecule has 1 heterocycles. The van der Waals surface area contributed by atoms with Crippen LogP contribution in [0.1, 0.15) is 0 Å². The number of aromatic nitrogens is 1. The van der Waals surface area contributed by atoms with Crippen molar-refractivity contribution in [2.45, 2.75) is 11.6 Å².